The minimum Gasteiger partial charge on any atom is -0.481 e. The first-order valence-electron chi connectivity index (χ1n) is 6.91. The van der Waals surface area contributed by atoms with Gasteiger partial charge in [0.1, 0.15) is 5.92 Å². The minimum atomic E-state index is -0.721. The standard InChI is InChI=1S/C16H21NO2/c1-2-3-4-5-8-11-17-12-14(16(18)19)13-9-6-7-10-15(13)17/h2,6-7,9-10,14H,1,3-5,8,11-12H2,(H,18,19). The number of hydrogen-bond acceptors (Lipinski definition) is 2. The van der Waals surface area contributed by atoms with Gasteiger partial charge < -0.3 is 10.0 Å². The zero-order chi connectivity index (χ0) is 13.7. The van der Waals surface area contributed by atoms with Crippen LogP contribution in [0.1, 0.15) is 37.2 Å². The third-order valence-electron chi connectivity index (χ3n) is 3.69. The highest BCUT2D eigenvalue weighted by Crippen LogP contribution is 2.36. The van der Waals surface area contributed by atoms with Crippen LogP contribution in [0, 0.1) is 0 Å². The maximum Gasteiger partial charge on any atom is 0.312 e. The Kier molecular flexibility index (Phi) is 4.61. The molecule has 3 heteroatoms. The average Bonchev–Trinajstić information content (AvgIpc) is 2.78. The number of carbonyl (C=O) groups is 1. The molecule has 0 saturated heterocycles. The Balaban J connectivity index is 1.96. The van der Waals surface area contributed by atoms with Gasteiger partial charge in [-0.25, -0.2) is 0 Å². The van der Waals surface area contributed by atoms with Crippen molar-refractivity contribution in [3.63, 3.8) is 0 Å². The highest BCUT2D eigenvalue weighted by Gasteiger charge is 2.32. The molecule has 0 spiro atoms. The fourth-order valence-corrected chi connectivity index (χ4v) is 2.68. The lowest BCUT2D eigenvalue weighted by Gasteiger charge is -2.19. The molecular formula is C16H21NO2. The molecule has 0 saturated carbocycles. The molecule has 102 valence electrons. The molecule has 1 aromatic carbocycles. The number of unbranched alkanes of at least 4 members (excludes halogenated alkanes) is 3. The first-order chi connectivity index (χ1) is 9.24. The number of anilines is 1. The summed E-state index contributed by atoms with van der Waals surface area (Å²) in [6.45, 7) is 5.27. The van der Waals surface area contributed by atoms with Crippen LogP contribution in [-0.2, 0) is 4.79 Å². The number of nitrogens with zero attached hydrogens (tertiary/aromatic N) is 1. The van der Waals surface area contributed by atoms with E-state index in [1.807, 2.05) is 30.3 Å². The molecule has 1 aliphatic heterocycles. The van der Waals surface area contributed by atoms with E-state index in [9.17, 15) is 9.90 Å². The Morgan fingerprint density at radius 3 is 2.89 bits per heavy atom. The quantitative estimate of drug-likeness (QED) is 0.602. The van der Waals surface area contributed by atoms with Crippen LogP contribution in [0.15, 0.2) is 36.9 Å². The zero-order valence-electron chi connectivity index (χ0n) is 11.2. The van der Waals surface area contributed by atoms with Crippen LogP contribution in [0.3, 0.4) is 0 Å². The van der Waals surface area contributed by atoms with E-state index in [-0.39, 0.29) is 5.92 Å². The summed E-state index contributed by atoms with van der Waals surface area (Å²) in [5.74, 6) is -1.09. The number of fused-ring (bicyclic) bond motifs is 1. The van der Waals surface area contributed by atoms with Crippen LogP contribution >= 0.6 is 0 Å². The van der Waals surface area contributed by atoms with Gasteiger partial charge in [0.2, 0.25) is 0 Å². The number of hydrogen-bond donors (Lipinski definition) is 1. The highest BCUT2D eigenvalue weighted by molar-refractivity contribution is 5.82. The molecule has 1 heterocycles. The Morgan fingerprint density at radius 1 is 1.37 bits per heavy atom. The van der Waals surface area contributed by atoms with Crippen LogP contribution in [0.25, 0.3) is 0 Å². The summed E-state index contributed by atoms with van der Waals surface area (Å²) in [5.41, 5.74) is 2.06. The molecule has 0 radical (unpaired) electrons. The third-order valence-corrected chi connectivity index (χ3v) is 3.69. The van der Waals surface area contributed by atoms with Crippen molar-refractivity contribution in [3.05, 3.63) is 42.5 Å². The Hall–Kier alpha value is -1.77. The predicted molar refractivity (Wildman–Crippen MR) is 77.7 cm³/mol. The van der Waals surface area contributed by atoms with Crippen molar-refractivity contribution in [1.82, 2.24) is 0 Å². The van der Waals surface area contributed by atoms with Gasteiger partial charge in [-0.1, -0.05) is 30.7 Å². The Morgan fingerprint density at radius 2 is 2.16 bits per heavy atom. The van der Waals surface area contributed by atoms with Gasteiger partial charge in [-0.3, -0.25) is 4.79 Å². The maximum absolute atomic E-state index is 11.3. The number of carboxylic acid groups (broad SMARTS) is 1. The molecule has 1 aliphatic rings. The fourth-order valence-electron chi connectivity index (χ4n) is 2.68. The van der Waals surface area contributed by atoms with Gasteiger partial charge >= 0.3 is 5.97 Å². The molecular weight excluding hydrogens is 238 g/mol. The van der Waals surface area contributed by atoms with Gasteiger partial charge in [0.05, 0.1) is 0 Å². The van der Waals surface area contributed by atoms with E-state index in [1.165, 1.54) is 12.8 Å². The molecule has 1 aromatic rings. The van der Waals surface area contributed by atoms with Crippen LogP contribution < -0.4 is 4.90 Å². The SMILES string of the molecule is C=CCCCCCN1CC(C(=O)O)c2ccccc21. The second kappa shape index (κ2) is 6.41. The van der Waals surface area contributed by atoms with Crippen molar-refractivity contribution < 1.29 is 9.90 Å². The number of aliphatic carboxylic acids is 1. The smallest absolute Gasteiger partial charge is 0.312 e. The van der Waals surface area contributed by atoms with Gasteiger partial charge in [0.25, 0.3) is 0 Å². The maximum atomic E-state index is 11.3. The summed E-state index contributed by atoms with van der Waals surface area (Å²) in [7, 11) is 0. The van der Waals surface area contributed by atoms with E-state index in [1.54, 1.807) is 0 Å². The summed E-state index contributed by atoms with van der Waals surface area (Å²) < 4.78 is 0. The summed E-state index contributed by atoms with van der Waals surface area (Å²) in [4.78, 5) is 13.5. The van der Waals surface area contributed by atoms with Gasteiger partial charge in [-0.15, -0.1) is 6.58 Å². The molecule has 1 unspecified atom stereocenters. The van der Waals surface area contributed by atoms with Crippen molar-refractivity contribution in [3.8, 4) is 0 Å². The van der Waals surface area contributed by atoms with E-state index >= 15 is 0 Å². The third kappa shape index (κ3) is 3.16. The lowest BCUT2D eigenvalue weighted by molar-refractivity contribution is -0.138. The van der Waals surface area contributed by atoms with Crippen LogP contribution in [0.2, 0.25) is 0 Å². The number of allylic oxidation sites excluding steroid dienone is 1. The first kappa shape index (κ1) is 13.7. The molecule has 0 amide bonds. The lowest BCUT2D eigenvalue weighted by Crippen LogP contribution is -2.25. The first-order valence-corrected chi connectivity index (χ1v) is 6.91. The van der Waals surface area contributed by atoms with E-state index in [4.69, 9.17) is 0 Å². The molecule has 2 rings (SSSR count). The number of para-hydroxylation sites is 1. The normalized spacial score (nSPS) is 17.3. The second-order valence-electron chi connectivity index (χ2n) is 5.03. The molecule has 0 fully saturated rings. The average molecular weight is 259 g/mol. The van der Waals surface area contributed by atoms with Crippen molar-refractivity contribution in [2.45, 2.75) is 31.6 Å². The van der Waals surface area contributed by atoms with Crippen molar-refractivity contribution in [2.75, 3.05) is 18.0 Å². The van der Waals surface area contributed by atoms with Crippen molar-refractivity contribution >= 4 is 11.7 Å². The topological polar surface area (TPSA) is 40.5 Å². The summed E-state index contributed by atoms with van der Waals surface area (Å²) in [6.07, 6.45) is 6.46. The Bertz CT molecular complexity index is 456. The molecule has 0 aliphatic carbocycles. The van der Waals surface area contributed by atoms with Crippen molar-refractivity contribution in [2.24, 2.45) is 0 Å². The van der Waals surface area contributed by atoms with Crippen LogP contribution in [-0.4, -0.2) is 24.2 Å². The molecule has 3 nitrogen and oxygen atoms in total. The molecule has 1 N–H and O–H groups in total. The summed E-state index contributed by atoms with van der Waals surface area (Å²) in [6, 6.07) is 7.87. The number of benzene rings is 1. The largest absolute Gasteiger partial charge is 0.481 e. The number of carboxylic acids is 1. The van der Waals surface area contributed by atoms with Crippen molar-refractivity contribution in [1.29, 1.82) is 0 Å². The zero-order valence-corrected chi connectivity index (χ0v) is 11.2. The Labute approximate surface area is 114 Å². The molecule has 0 bridgehead atoms. The molecule has 0 aromatic heterocycles. The van der Waals surface area contributed by atoms with Gasteiger partial charge in [-0.2, -0.15) is 0 Å². The summed E-state index contributed by atoms with van der Waals surface area (Å²) >= 11 is 0. The number of rotatable bonds is 7. The summed E-state index contributed by atoms with van der Waals surface area (Å²) in [5, 5.41) is 9.28. The van der Waals surface area contributed by atoms with Gasteiger partial charge in [-0.05, 0) is 30.9 Å². The minimum absolute atomic E-state index is 0.371. The van der Waals surface area contributed by atoms with E-state index in [0.29, 0.717) is 6.54 Å². The van der Waals surface area contributed by atoms with Crippen LogP contribution in [0.5, 0.6) is 0 Å². The monoisotopic (exact) mass is 259 g/mol. The molecule has 19 heavy (non-hydrogen) atoms. The second-order valence-corrected chi connectivity index (χ2v) is 5.03. The van der Waals surface area contributed by atoms with E-state index in [0.717, 1.165) is 30.6 Å². The molecule has 1 atom stereocenters. The fraction of sp³-hybridized carbons (Fsp3) is 0.438. The predicted octanol–water partition coefficient (Wildman–Crippen LogP) is 3.42. The van der Waals surface area contributed by atoms with Gasteiger partial charge in [0, 0.05) is 18.8 Å². The van der Waals surface area contributed by atoms with Gasteiger partial charge in [0.15, 0.2) is 0 Å². The van der Waals surface area contributed by atoms with E-state index in [2.05, 4.69) is 11.5 Å². The lowest BCUT2D eigenvalue weighted by atomic mass is 10.0. The van der Waals surface area contributed by atoms with E-state index < -0.39 is 5.97 Å². The van der Waals surface area contributed by atoms with Crippen LogP contribution in [0.4, 0.5) is 5.69 Å². The highest BCUT2D eigenvalue weighted by atomic mass is 16.4.